The summed E-state index contributed by atoms with van der Waals surface area (Å²) in [6.45, 7) is 1.44. The number of rotatable bonds is 7. The second-order valence-electron chi connectivity index (χ2n) is 5.86. The maximum absolute atomic E-state index is 12.3. The van der Waals surface area contributed by atoms with Crippen molar-refractivity contribution in [3.05, 3.63) is 47.3 Å². The van der Waals surface area contributed by atoms with Crippen LogP contribution in [0.5, 0.6) is 0 Å². The number of hydrogen-bond acceptors (Lipinski definition) is 5. The second kappa shape index (κ2) is 8.43. The third-order valence-corrected chi connectivity index (χ3v) is 6.84. The molecule has 0 unspecified atom stereocenters. The number of hydrogen-bond donors (Lipinski definition) is 1. The molecule has 2 amide bonds. The first-order valence-corrected chi connectivity index (χ1v) is 10.1. The van der Waals surface area contributed by atoms with Crippen LogP contribution in [0.15, 0.2) is 46.0 Å². The number of anilines is 1. The fraction of sp³-hybridized carbons (Fsp3) is 0.294. The molecule has 0 aliphatic carbocycles. The number of thiophene rings is 1. The molecule has 0 bridgehead atoms. The zero-order valence-electron chi connectivity index (χ0n) is 14.8. The van der Waals surface area contributed by atoms with Gasteiger partial charge in [0.25, 0.3) is 10.0 Å². The van der Waals surface area contributed by atoms with Gasteiger partial charge in [-0.1, -0.05) is 23.8 Å². The van der Waals surface area contributed by atoms with E-state index in [1.165, 1.54) is 25.1 Å². The molecule has 0 saturated heterocycles. The van der Waals surface area contributed by atoms with Crippen LogP contribution in [0.1, 0.15) is 5.56 Å². The van der Waals surface area contributed by atoms with Crippen LogP contribution in [0.25, 0.3) is 0 Å². The van der Waals surface area contributed by atoms with Gasteiger partial charge in [-0.15, -0.1) is 11.3 Å². The van der Waals surface area contributed by atoms with Gasteiger partial charge in [0, 0.05) is 19.8 Å². The Hall–Kier alpha value is -2.23. The number of nitrogens with one attached hydrogen (secondary N) is 1. The van der Waals surface area contributed by atoms with Gasteiger partial charge in [0.2, 0.25) is 11.8 Å². The van der Waals surface area contributed by atoms with Crippen molar-refractivity contribution in [2.45, 2.75) is 11.1 Å². The lowest BCUT2D eigenvalue weighted by Gasteiger charge is -2.21. The summed E-state index contributed by atoms with van der Waals surface area (Å²) in [5, 5.41) is 4.35. The lowest BCUT2D eigenvalue weighted by molar-refractivity contribution is -0.133. The molecule has 1 aromatic heterocycles. The van der Waals surface area contributed by atoms with Gasteiger partial charge in [-0.25, -0.2) is 8.42 Å². The topological polar surface area (TPSA) is 86.8 Å². The van der Waals surface area contributed by atoms with Crippen LogP contribution in [0, 0.1) is 6.92 Å². The number of carbonyl (C=O) groups excluding carboxylic acids is 2. The second-order valence-corrected chi connectivity index (χ2v) is 9.08. The minimum Gasteiger partial charge on any atom is -0.335 e. The van der Waals surface area contributed by atoms with Crippen LogP contribution < -0.4 is 5.32 Å². The fourth-order valence-corrected chi connectivity index (χ4v) is 4.42. The molecule has 0 atom stereocenters. The molecular weight excluding hydrogens is 374 g/mol. The molecule has 0 aliphatic heterocycles. The molecule has 140 valence electrons. The van der Waals surface area contributed by atoms with Crippen LogP contribution >= 0.6 is 11.3 Å². The van der Waals surface area contributed by atoms with Crippen LogP contribution in [0.2, 0.25) is 0 Å². The summed E-state index contributed by atoms with van der Waals surface area (Å²) in [7, 11) is -0.900. The van der Waals surface area contributed by atoms with Crippen molar-refractivity contribution in [1.29, 1.82) is 0 Å². The summed E-state index contributed by atoms with van der Waals surface area (Å²) < 4.78 is 25.8. The van der Waals surface area contributed by atoms with Crippen molar-refractivity contribution < 1.29 is 18.0 Å². The van der Waals surface area contributed by atoms with Crippen molar-refractivity contribution >= 4 is 38.9 Å². The van der Waals surface area contributed by atoms with Crippen molar-refractivity contribution in [2.75, 3.05) is 32.5 Å². The zero-order valence-corrected chi connectivity index (χ0v) is 16.4. The van der Waals surface area contributed by atoms with Crippen molar-refractivity contribution in [1.82, 2.24) is 9.21 Å². The third kappa shape index (κ3) is 5.13. The molecule has 0 aliphatic rings. The van der Waals surface area contributed by atoms with Gasteiger partial charge < -0.3 is 10.2 Å². The van der Waals surface area contributed by atoms with Crippen molar-refractivity contribution in [3.8, 4) is 0 Å². The maximum Gasteiger partial charge on any atom is 0.252 e. The standard InChI is InChI=1S/C17H21N3O4S2/c1-13-6-8-14(9-7-13)18-15(21)11-19(2)16(22)12-20(3)26(23,24)17-5-4-10-25-17/h4-10H,11-12H2,1-3H3,(H,18,21). The number of nitrogens with zero attached hydrogens (tertiary/aromatic N) is 2. The molecule has 0 spiro atoms. The van der Waals surface area contributed by atoms with E-state index in [1.54, 1.807) is 23.6 Å². The lowest BCUT2D eigenvalue weighted by Crippen LogP contribution is -2.42. The van der Waals surface area contributed by atoms with E-state index in [9.17, 15) is 18.0 Å². The first-order chi connectivity index (χ1) is 12.2. The molecule has 0 radical (unpaired) electrons. The quantitative estimate of drug-likeness (QED) is 0.774. The van der Waals surface area contributed by atoms with E-state index in [2.05, 4.69) is 5.32 Å². The van der Waals surface area contributed by atoms with E-state index < -0.39 is 15.9 Å². The Morgan fingerprint density at radius 1 is 1.08 bits per heavy atom. The predicted octanol–water partition coefficient (Wildman–Crippen LogP) is 1.77. The number of amides is 2. The highest BCUT2D eigenvalue weighted by molar-refractivity contribution is 7.91. The first-order valence-electron chi connectivity index (χ1n) is 7.80. The molecule has 1 heterocycles. The smallest absolute Gasteiger partial charge is 0.252 e. The average Bonchev–Trinajstić information content (AvgIpc) is 3.12. The molecule has 1 aromatic carbocycles. The van der Waals surface area contributed by atoms with E-state index in [-0.39, 0.29) is 23.2 Å². The largest absolute Gasteiger partial charge is 0.335 e. The molecule has 0 fully saturated rings. The Kier molecular flexibility index (Phi) is 6.52. The fourth-order valence-electron chi connectivity index (χ4n) is 2.10. The number of aryl methyl sites for hydroxylation is 1. The Labute approximate surface area is 157 Å². The van der Waals surface area contributed by atoms with Crippen LogP contribution in [-0.4, -0.2) is 56.6 Å². The van der Waals surface area contributed by atoms with Gasteiger partial charge in [0.15, 0.2) is 0 Å². The van der Waals surface area contributed by atoms with E-state index in [4.69, 9.17) is 0 Å². The monoisotopic (exact) mass is 395 g/mol. The van der Waals surface area contributed by atoms with Crippen LogP contribution in [0.4, 0.5) is 5.69 Å². The molecule has 2 rings (SSSR count). The van der Waals surface area contributed by atoms with E-state index >= 15 is 0 Å². The summed E-state index contributed by atoms with van der Waals surface area (Å²) in [6.07, 6.45) is 0. The van der Waals surface area contributed by atoms with Gasteiger partial charge in [0.05, 0.1) is 13.1 Å². The van der Waals surface area contributed by atoms with Crippen molar-refractivity contribution in [3.63, 3.8) is 0 Å². The number of carbonyl (C=O) groups is 2. The summed E-state index contributed by atoms with van der Waals surface area (Å²) in [6, 6.07) is 10.4. The molecule has 9 heteroatoms. The van der Waals surface area contributed by atoms with Crippen molar-refractivity contribution in [2.24, 2.45) is 0 Å². The summed E-state index contributed by atoms with van der Waals surface area (Å²) >= 11 is 1.09. The van der Waals surface area contributed by atoms with Gasteiger partial charge in [-0.2, -0.15) is 4.31 Å². The summed E-state index contributed by atoms with van der Waals surface area (Å²) in [4.78, 5) is 25.5. The molecule has 0 saturated carbocycles. The Bertz CT molecular complexity index is 862. The Balaban J connectivity index is 1.90. The number of sulfonamides is 1. The van der Waals surface area contributed by atoms with Gasteiger partial charge in [-0.3, -0.25) is 9.59 Å². The average molecular weight is 396 g/mol. The van der Waals surface area contributed by atoms with Crippen LogP contribution in [0.3, 0.4) is 0 Å². The van der Waals surface area contributed by atoms with Gasteiger partial charge >= 0.3 is 0 Å². The highest BCUT2D eigenvalue weighted by Crippen LogP contribution is 2.19. The van der Waals surface area contributed by atoms with Crippen LogP contribution in [-0.2, 0) is 19.6 Å². The number of likely N-dealkylation sites (N-methyl/N-ethyl adjacent to an activating group) is 2. The minimum atomic E-state index is -3.70. The molecular formula is C17H21N3O4S2. The highest BCUT2D eigenvalue weighted by Gasteiger charge is 2.25. The Morgan fingerprint density at radius 3 is 2.31 bits per heavy atom. The highest BCUT2D eigenvalue weighted by atomic mass is 32.2. The Morgan fingerprint density at radius 2 is 1.73 bits per heavy atom. The third-order valence-electron chi connectivity index (χ3n) is 3.66. The van der Waals surface area contributed by atoms with Gasteiger partial charge in [0.1, 0.15) is 4.21 Å². The van der Waals surface area contributed by atoms with E-state index in [0.29, 0.717) is 5.69 Å². The molecule has 1 N–H and O–H groups in total. The molecule has 2 aromatic rings. The number of benzene rings is 1. The van der Waals surface area contributed by atoms with E-state index in [1.807, 2.05) is 19.1 Å². The van der Waals surface area contributed by atoms with Gasteiger partial charge in [-0.05, 0) is 30.5 Å². The molecule has 7 nitrogen and oxygen atoms in total. The first kappa shape index (κ1) is 20.1. The van der Waals surface area contributed by atoms with E-state index in [0.717, 1.165) is 21.2 Å². The lowest BCUT2D eigenvalue weighted by atomic mass is 10.2. The molecule has 26 heavy (non-hydrogen) atoms. The maximum atomic E-state index is 12.3. The normalized spacial score (nSPS) is 11.4. The SMILES string of the molecule is Cc1ccc(NC(=O)CN(C)C(=O)CN(C)S(=O)(=O)c2cccs2)cc1. The summed E-state index contributed by atoms with van der Waals surface area (Å²) in [5.74, 6) is -0.819. The minimum absolute atomic E-state index is 0.167. The summed E-state index contributed by atoms with van der Waals surface area (Å²) in [5.41, 5.74) is 1.71. The zero-order chi connectivity index (χ0) is 19.3. The predicted molar refractivity (Wildman–Crippen MR) is 102 cm³/mol.